The maximum atomic E-state index is 11.1. The summed E-state index contributed by atoms with van der Waals surface area (Å²) in [4.78, 5) is 28.6. The van der Waals surface area contributed by atoms with Crippen LogP contribution in [0.2, 0.25) is 0 Å². The van der Waals surface area contributed by atoms with Gasteiger partial charge < -0.3 is 4.90 Å². The third-order valence-electron chi connectivity index (χ3n) is 5.01. The van der Waals surface area contributed by atoms with Crippen LogP contribution in [0.1, 0.15) is 11.3 Å². The molecular weight excluding hydrogens is 368 g/mol. The summed E-state index contributed by atoms with van der Waals surface area (Å²) in [6, 6.07) is 12.5. The Bertz CT molecular complexity index is 1000. The van der Waals surface area contributed by atoms with Gasteiger partial charge in [0.1, 0.15) is 5.82 Å². The van der Waals surface area contributed by atoms with Crippen LogP contribution in [0, 0.1) is 17.0 Å². The van der Waals surface area contributed by atoms with E-state index in [0.717, 1.165) is 44.2 Å². The SMILES string of the molecule is Cc1cc(N2CCN(Cc3ccncc3)CC2)nc(-c2cccc([N+](=O)[O-])c2)n1. The van der Waals surface area contributed by atoms with E-state index in [2.05, 4.69) is 19.8 Å². The number of nitrogens with zero attached hydrogens (tertiary/aromatic N) is 6. The average molecular weight is 390 g/mol. The topological polar surface area (TPSA) is 88.3 Å². The minimum atomic E-state index is -0.401. The van der Waals surface area contributed by atoms with Crippen molar-refractivity contribution in [3.63, 3.8) is 0 Å². The fraction of sp³-hybridized carbons (Fsp3) is 0.286. The number of non-ortho nitro benzene ring substituents is 1. The number of piperazine rings is 1. The number of hydrogen-bond acceptors (Lipinski definition) is 7. The van der Waals surface area contributed by atoms with Crippen LogP contribution in [0.4, 0.5) is 11.5 Å². The Morgan fingerprint density at radius 2 is 1.79 bits per heavy atom. The summed E-state index contributed by atoms with van der Waals surface area (Å²) in [6.45, 7) is 6.46. The predicted octanol–water partition coefficient (Wildman–Crippen LogP) is 3.08. The molecule has 1 fully saturated rings. The fourth-order valence-corrected chi connectivity index (χ4v) is 3.48. The molecule has 3 aromatic rings. The van der Waals surface area contributed by atoms with Crippen molar-refractivity contribution in [2.24, 2.45) is 0 Å². The van der Waals surface area contributed by atoms with Gasteiger partial charge in [0.05, 0.1) is 4.92 Å². The van der Waals surface area contributed by atoms with E-state index in [0.29, 0.717) is 11.4 Å². The van der Waals surface area contributed by atoms with Crippen LogP contribution in [0.15, 0.2) is 54.9 Å². The molecule has 29 heavy (non-hydrogen) atoms. The molecule has 0 atom stereocenters. The van der Waals surface area contributed by atoms with E-state index in [4.69, 9.17) is 4.98 Å². The molecule has 1 aliphatic heterocycles. The summed E-state index contributed by atoms with van der Waals surface area (Å²) >= 11 is 0. The van der Waals surface area contributed by atoms with Crippen molar-refractivity contribution in [2.45, 2.75) is 13.5 Å². The Kier molecular flexibility index (Phi) is 5.44. The minimum Gasteiger partial charge on any atom is -0.354 e. The maximum Gasteiger partial charge on any atom is 0.270 e. The first kappa shape index (κ1) is 18.9. The molecule has 3 heterocycles. The van der Waals surface area contributed by atoms with Crippen LogP contribution >= 0.6 is 0 Å². The van der Waals surface area contributed by atoms with E-state index in [1.165, 1.54) is 17.7 Å². The highest BCUT2D eigenvalue weighted by Gasteiger charge is 2.20. The highest BCUT2D eigenvalue weighted by atomic mass is 16.6. The first-order valence-electron chi connectivity index (χ1n) is 9.55. The largest absolute Gasteiger partial charge is 0.354 e. The molecule has 4 rings (SSSR count). The van der Waals surface area contributed by atoms with E-state index in [1.807, 2.05) is 37.5 Å². The lowest BCUT2D eigenvalue weighted by Gasteiger charge is -2.35. The average Bonchev–Trinajstić information content (AvgIpc) is 2.75. The second kappa shape index (κ2) is 8.32. The number of nitro benzene ring substituents is 1. The summed E-state index contributed by atoms with van der Waals surface area (Å²) < 4.78 is 0. The number of aromatic nitrogens is 3. The molecule has 2 aromatic heterocycles. The van der Waals surface area contributed by atoms with Crippen molar-refractivity contribution >= 4 is 11.5 Å². The van der Waals surface area contributed by atoms with Crippen LogP contribution in [0.25, 0.3) is 11.4 Å². The Morgan fingerprint density at radius 1 is 1.03 bits per heavy atom. The molecule has 0 amide bonds. The van der Waals surface area contributed by atoms with E-state index in [9.17, 15) is 10.1 Å². The number of benzene rings is 1. The quantitative estimate of drug-likeness (QED) is 0.489. The Balaban J connectivity index is 1.48. The van der Waals surface area contributed by atoms with Gasteiger partial charge in [-0.2, -0.15) is 0 Å². The summed E-state index contributed by atoms with van der Waals surface area (Å²) in [6.07, 6.45) is 3.65. The Labute approximate surface area is 169 Å². The highest BCUT2D eigenvalue weighted by Crippen LogP contribution is 2.24. The van der Waals surface area contributed by atoms with Gasteiger partial charge in [0.2, 0.25) is 0 Å². The molecular formula is C21H22N6O2. The number of anilines is 1. The van der Waals surface area contributed by atoms with Gasteiger partial charge in [-0.1, -0.05) is 12.1 Å². The van der Waals surface area contributed by atoms with Crippen molar-refractivity contribution in [3.05, 3.63) is 76.2 Å². The van der Waals surface area contributed by atoms with E-state index < -0.39 is 4.92 Å². The van der Waals surface area contributed by atoms with E-state index in [-0.39, 0.29) is 5.69 Å². The van der Waals surface area contributed by atoms with Gasteiger partial charge in [0, 0.05) is 74.6 Å². The lowest BCUT2D eigenvalue weighted by Crippen LogP contribution is -2.46. The Hall–Kier alpha value is -3.39. The van der Waals surface area contributed by atoms with Gasteiger partial charge in [0.25, 0.3) is 5.69 Å². The summed E-state index contributed by atoms with van der Waals surface area (Å²) in [7, 11) is 0. The second-order valence-corrected chi connectivity index (χ2v) is 7.12. The van der Waals surface area contributed by atoms with Crippen molar-refractivity contribution in [1.82, 2.24) is 19.9 Å². The van der Waals surface area contributed by atoms with E-state index in [1.54, 1.807) is 12.1 Å². The number of hydrogen-bond donors (Lipinski definition) is 0. The molecule has 8 nitrogen and oxygen atoms in total. The fourth-order valence-electron chi connectivity index (χ4n) is 3.48. The number of rotatable bonds is 5. The lowest BCUT2D eigenvalue weighted by atomic mass is 10.2. The van der Waals surface area contributed by atoms with Crippen molar-refractivity contribution in [1.29, 1.82) is 0 Å². The second-order valence-electron chi connectivity index (χ2n) is 7.12. The highest BCUT2D eigenvalue weighted by molar-refractivity contribution is 5.61. The molecule has 1 aromatic carbocycles. The van der Waals surface area contributed by atoms with Gasteiger partial charge >= 0.3 is 0 Å². The van der Waals surface area contributed by atoms with Crippen LogP contribution < -0.4 is 4.90 Å². The minimum absolute atomic E-state index is 0.0406. The van der Waals surface area contributed by atoms with Crippen molar-refractivity contribution in [3.8, 4) is 11.4 Å². The van der Waals surface area contributed by atoms with Gasteiger partial charge in [-0.3, -0.25) is 20.0 Å². The monoisotopic (exact) mass is 390 g/mol. The molecule has 0 aliphatic carbocycles. The van der Waals surface area contributed by atoms with Gasteiger partial charge in [-0.05, 0) is 24.6 Å². The third-order valence-corrected chi connectivity index (χ3v) is 5.01. The summed E-state index contributed by atoms with van der Waals surface area (Å²) in [5.74, 6) is 1.38. The zero-order valence-corrected chi connectivity index (χ0v) is 16.2. The molecule has 0 spiro atoms. The molecule has 0 saturated carbocycles. The maximum absolute atomic E-state index is 11.1. The van der Waals surface area contributed by atoms with Crippen molar-refractivity contribution in [2.75, 3.05) is 31.1 Å². The van der Waals surface area contributed by atoms with Gasteiger partial charge in [0.15, 0.2) is 5.82 Å². The molecule has 0 N–H and O–H groups in total. The number of pyridine rings is 1. The molecule has 1 aliphatic rings. The molecule has 1 saturated heterocycles. The predicted molar refractivity (Wildman–Crippen MR) is 111 cm³/mol. The number of nitro groups is 1. The lowest BCUT2D eigenvalue weighted by molar-refractivity contribution is -0.384. The summed E-state index contributed by atoms with van der Waals surface area (Å²) in [5, 5.41) is 11.1. The van der Waals surface area contributed by atoms with Crippen molar-refractivity contribution < 1.29 is 4.92 Å². The van der Waals surface area contributed by atoms with Crippen LogP contribution in [0.3, 0.4) is 0 Å². The standard InChI is InChI=1S/C21H22N6O2/c1-16-13-20(24-21(23-16)18-3-2-4-19(14-18)27(28)29)26-11-9-25(10-12-26)15-17-5-7-22-8-6-17/h2-8,13-14H,9-12,15H2,1H3. The molecule has 0 bridgehead atoms. The summed E-state index contributed by atoms with van der Waals surface area (Å²) in [5.41, 5.74) is 2.80. The van der Waals surface area contributed by atoms with Crippen LogP contribution in [-0.2, 0) is 6.54 Å². The molecule has 148 valence electrons. The van der Waals surface area contributed by atoms with Crippen LogP contribution in [0.5, 0.6) is 0 Å². The zero-order valence-electron chi connectivity index (χ0n) is 16.2. The van der Waals surface area contributed by atoms with Gasteiger partial charge in [-0.15, -0.1) is 0 Å². The molecule has 8 heteroatoms. The first-order chi connectivity index (χ1) is 14.1. The normalized spacial score (nSPS) is 14.7. The smallest absolute Gasteiger partial charge is 0.270 e. The zero-order chi connectivity index (χ0) is 20.2. The Morgan fingerprint density at radius 3 is 2.52 bits per heavy atom. The molecule has 0 radical (unpaired) electrons. The first-order valence-corrected chi connectivity index (χ1v) is 9.55. The number of aryl methyl sites for hydroxylation is 1. The molecule has 0 unspecified atom stereocenters. The van der Waals surface area contributed by atoms with E-state index >= 15 is 0 Å². The third kappa shape index (κ3) is 4.55. The van der Waals surface area contributed by atoms with Crippen LogP contribution in [-0.4, -0.2) is 51.0 Å². The van der Waals surface area contributed by atoms with Gasteiger partial charge in [-0.25, -0.2) is 9.97 Å².